The molecule has 14 atom stereocenters. The minimum atomic E-state index is -2.07. The van der Waals surface area contributed by atoms with E-state index in [9.17, 15) is 102 Å². The Morgan fingerprint density at radius 2 is 0.862 bits per heavy atom. The van der Waals surface area contributed by atoms with E-state index in [2.05, 4.69) is 99.7 Å². The molecule has 2 heterocycles. The Bertz CT molecular complexity index is 4120. The first-order valence-electron chi connectivity index (χ1n) is 39.3. The number of H-pyrrole nitrogens is 2. The summed E-state index contributed by atoms with van der Waals surface area (Å²) in [6.45, 7) is 8.78. The zero-order valence-electron chi connectivity index (χ0n) is 69.2. The fourth-order valence-electron chi connectivity index (χ4n) is 11.9. The third-order valence-corrected chi connectivity index (χ3v) is 19.3. The second-order valence-corrected chi connectivity index (χ2v) is 30.7. The number of nitrogens with one attached hydrogen (secondary N) is 19. The molecule has 0 unspecified atom stereocenters. The molecule has 0 saturated carbocycles. The first kappa shape index (κ1) is 104. The fraction of sp³-hybridized carbons (Fsp3) is 0.568. The predicted octanol–water partition coefficient (Wildman–Crippen LogP) is -8.27. The highest BCUT2D eigenvalue weighted by atomic mass is 32.2. The van der Waals surface area contributed by atoms with Crippen LogP contribution in [0.3, 0.4) is 0 Å². The van der Waals surface area contributed by atoms with Gasteiger partial charge in [-0.3, -0.25) is 92.3 Å². The highest BCUT2D eigenvalue weighted by Crippen LogP contribution is 2.17. The van der Waals surface area contributed by atoms with Gasteiger partial charge in [0.1, 0.15) is 78.3 Å². The van der Waals surface area contributed by atoms with Gasteiger partial charge in [-0.05, 0) is 98.8 Å². The standard InChI is InChI=1S/C74H117N27O21S/c1-8-37(6)59(101-69(118)49(26-40-31-84-34-89-40)97-65(114)50(27-54(77)104)94-60(109)42(75)24-38-13-15-41(102)16-14-38)71(120)93-44(17-18-53(76)103)63(112)91-43(11-9-20-85-73(79)80)62(111)96-48(25-39-30-83-33-88-39)68(117)100-58(36(4)5)70(119)99-51(28-55(78)105)66(115)98-52(29-57(107)108)67(116)92-45(19-22-123-7)64(113)95-47(23-35(2)3)61(110)87-32-56(106)90-46(72(121)122)12-10-21-86-74(81)82/h13-16,30-31,33-37,42-52,58-59,102H,8-12,17-29,32,75H2,1-7H3,(H2,76,103)(H2,77,104)(H2,78,105)(H,83,88)(H,84,89)(H,87,110)(H,90,106)(H,91,112)(H,92,116)(H,93,120)(H,94,109)(H,95,113)(H,96,111)(H,97,114)(H,98,115)(H,99,119)(H,100,117)(H,101,118)(H,107,108)(H,121,122)(H4,79,80,85)(H4,81,82,86)/t37-,42-,43-,44-,45-,46-,47-,48-,49-,50-,51-,52-,58-,59-/m0/s1. The number of rotatable bonds is 58. The van der Waals surface area contributed by atoms with Crippen molar-refractivity contribution in [2.75, 3.05) is 31.6 Å². The Balaban J connectivity index is 1.96. The van der Waals surface area contributed by atoms with Gasteiger partial charge in [0.15, 0.2) is 11.9 Å². The Morgan fingerprint density at radius 3 is 1.29 bits per heavy atom. The SMILES string of the molecule is CC[C@H](C)[C@H](NC(=O)[C@H](Cc1cnc[nH]1)NC(=O)[C@H](CC(N)=O)NC(=O)[C@@H](N)Cc1ccc(O)cc1)C(=O)N[C@@H](CCC(N)=O)C(=O)N[C@@H](CCCNC(=N)N)C(=O)N[C@@H](Cc1cnc[nH]1)C(=O)N[C@H](C(=O)N[C@@H](CC(N)=O)C(=O)N[C@@H](CC(=O)O)C(=O)N[C@@H](CCSC)C(=O)N[C@@H](CC(C)C)C(=O)NCC(=O)N[C@@H](CCCNC(=N)N)C(=O)O)C(C)C. The van der Waals surface area contributed by atoms with Crippen LogP contribution < -0.4 is 114 Å². The van der Waals surface area contributed by atoms with Crippen molar-refractivity contribution in [3.63, 3.8) is 0 Å². The van der Waals surface area contributed by atoms with E-state index in [4.69, 9.17) is 45.2 Å². The minimum Gasteiger partial charge on any atom is -0.508 e. The number of benzene rings is 1. The van der Waals surface area contributed by atoms with Gasteiger partial charge >= 0.3 is 11.9 Å². The molecule has 0 aliphatic heterocycles. The monoisotopic (exact) mass is 1750 g/mol. The summed E-state index contributed by atoms with van der Waals surface area (Å²) in [5, 5.41) is 81.0. The Morgan fingerprint density at radius 1 is 0.455 bits per heavy atom. The van der Waals surface area contributed by atoms with Crippen molar-refractivity contribution in [1.82, 2.24) is 99.7 Å². The van der Waals surface area contributed by atoms with E-state index in [0.29, 0.717) is 5.56 Å². The van der Waals surface area contributed by atoms with Crippen molar-refractivity contribution in [2.24, 2.45) is 52.2 Å². The molecular weight excluding hydrogens is 1640 g/mol. The number of aromatic hydroxyl groups is 1. The zero-order chi connectivity index (χ0) is 92.3. The molecule has 123 heavy (non-hydrogen) atoms. The topological polar surface area (TPSA) is 810 Å². The number of aromatic nitrogens is 4. The lowest BCUT2D eigenvalue weighted by Gasteiger charge is -2.30. The number of phenolic OH excluding ortho intramolecular Hbond substituents is 1. The summed E-state index contributed by atoms with van der Waals surface area (Å²) in [7, 11) is 0. The highest BCUT2D eigenvalue weighted by Gasteiger charge is 2.40. The zero-order valence-corrected chi connectivity index (χ0v) is 70.1. The summed E-state index contributed by atoms with van der Waals surface area (Å²) in [5.74, 6) is -23.1. The molecule has 2 aromatic heterocycles. The van der Waals surface area contributed by atoms with Crippen molar-refractivity contribution in [2.45, 2.75) is 216 Å². The number of guanidine groups is 2. The lowest BCUT2D eigenvalue weighted by Crippen LogP contribution is -2.62. The maximum Gasteiger partial charge on any atom is 0.326 e. The van der Waals surface area contributed by atoms with Crippen LogP contribution >= 0.6 is 11.8 Å². The summed E-state index contributed by atoms with van der Waals surface area (Å²) in [6, 6.07) is -15.7. The number of nitrogens with two attached hydrogens (primary N) is 6. The van der Waals surface area contributed by atoms with Gasteiger partial charge in [0, 0.05) is 56.1 Å². The van der Waals surface area contributed by atoms with Crippen LogP contribution in [-0.4, -0.2) is 264 Å². The number of phenols is 1. The molecule has 680 valence electrons. The molecule has 49 heteroatoms. The number of nitrogens with zero attached hydrogens (tertiary/aromatic N) is 2. The van der Waals surface area contributed by atoms with Gasteiger partial charge < -0.3 is 139 Å². The molecule has 0 bridgehead atoms. The predicted molar refractivity (Wildman–Crippen MR) is 442 cm³/mol. The molecule has 3 rings (SSSR count). The third kappa shape index (κ3) is 39.7. The molecule has 0 aliphatic carbocycles. The van der Waals surface area contributed by atoms with E-state index in [0.717, 1.165) is 0 Å². The van der Waals surface area contributed by atoms with Crippen LogP contribution in [0.1, 0.15) is 136 Å². The van der Waals surface area contributed by atoms with Gasteiger partial charge in [-0.1, -0.05) is 60.1 Å². The number of carboxylic acids is 2. The van der Waals surface area contributed by atoms with Crippen LogP contribution in [-0.2, 0) is 106 Å². The third-order valence-electron chi connectivity index (χ3n) is 18.6. The molecule has 16 amide bonds. The number of hydrogen-bond acceptors (Lipinski definition) is 25. The second-order valence-electron chi connectivity index (χ2n) is 29.7. The van der Waals surface area contributed by atoms with Crippen molar-refractivity contribution in [3.05, 3.63) is 66.3 Å². The van der Waals surface area contributed by atoms with E-state index in [-0.39, 0.29) is 106 Å². The molecule has 3 aromatic rings. The van der Waals surface area contributed by atoms with Gasteiger partial charge in [-0.25, -0.2) is 14.8 Å². The van der Waals surface area contributed by atoms with Gasteiger partial charge in [-0.2, -0.15) is 11.8 Å². The van der Waals surface area contributed by atoms with Gasteiger partial charge in [0.25, 0.3) is 0 Å². The minimum absolute atomic E-state index is 0.0421. The average Bonchev–Trinajstić information content (AvgIpc) is 1.58. The first-order chi connectivity index (χ1) is 57.9. The van der Waals surface area contributed by atoms with Gasteiger partial charge in [0.2, 0.25) is 94.5 Å². The van der Waals surface area contributed by atoms with Crippen LogP contribution in [0.15, 0.2) is 49.3 Å². The number of aliphatic carboxylic acids is 2. The molecule has 0 aliphatic rings. The molecule has 0 spiro atoms. The van der Waals surface area contributed by atoms with E-state index in [1.165, 1.54) is 74.9 Å². The van der Waals surface area contributed by atoms with Crippen LogP contribution in [0.25, 0.3) is 0 Å². The largest absolute Gasteiger partial charge is 0.508 e. The summed E-state index contributed by atoms with van der Waals surface area (Å²) in [4.78, 5) is 260. The number of thioether (sulfide) groups is 1. The number of carbonyl (C=O) groups is 18. The van der Waals surface area contributed by atoms with Crippen LogP contribution in [0.4, 0.5) is 0 Å². The van der Waals surface area contributed by atoms with E-state index >= 15 is 0 Å². The molecule has 0 radical (unpaired) electrons. The summed E-state index contributed by atoms with van der Waals surface area (Å²) >= 11 is 1.22. The highest BCUT2D eigenvalue weighted by molar-refractivity contribution is 7.98. The Hall–Kier alpha value is -13.2. The van der Waals surface area contributed by atoms with E-state index in [1.807, 2.05) is 0 Å². The Labute approximate surface area is 711 Å². The van der Waals surface area contributed by atoms with Crippen LogP contribution in [0.5, 0.6) is 5.75 Å². The maximum absolute atomic E-state index is 14.8. The van der Waals surface area contributed by atoms with Crippen molar-refractivity contribution < 1.29 is 102 Å². The molecule has 1 aromatic carbocycles. The Kier molecular flexibility index (Phi) is 45.1. The lowest BCUT2D eigenvalue weighted by molar-refractivity contribution is -0.142. The normalized spacial score (nSPS) is 14.5. The molecule has 0 fully saturated rings. The number of hydrogen-bond donors (Lipinski definition) is 28. The van der Waals surface area contributed by atoms with Crippen LogP contribution in [0, 0.1) is 28.6 Å². The number of carboxylic acid groups (broad SMARTS) is 2. The average molecular weight is 1750 g/mol. The van der Waals surface area contributed by atoms with Crippen molar-refractivity contribution >= 4 is 130 Å². The van der Waals surface area contributed by atoms with Crippen molar-refractivity contribution in [1.29, 1.82) is 10.8 Å². The summed E-state index contributed by atoms with van der Waals surface area (Å²) in [6.07, 6.45) is 1.53. The molecular formula is C74H117N27O21S. The van der Waals surface area contributed by atoms with Gasteiger partial charge in [0.05, 0.1) is 44.5 Å². The number of carbonyl (C=O) groups excluding carboxylic acids is 16. The summed E-state index contributed by atoms with van der Waals surface area (Å²) in [5.41, 5.74) is 34.6. The van der Waals surface area contributed by atoms with E-state index in [1.54, 1.807) is 34.0 Å². The maximum atomic E-state index is 14.8. The first-order valence-corrected chi connectivity index (χ1v) is 40.6. The number of aromatic amines is 2. The molecule has 48 nitrogen and oxygen atoms in total. The van der Waals surface area contributed by atoms with Crippen LogP contribution in [0.2, 0.25) is 0 Å². The number of primary amides is 3. The summed E-state index contributed by atoms with van der Waals surface area (Å²) < 4.78 is 0. The second kappa shape index (κ2) is 53.4. The fourth-order valence-corrected chi connectivity index (χ4v) is 12.4. The molecule has 0 saturated heterocycles. The smallest absolute Gasteiger partial charge is 0.326 e. The lowest BCUT2D eigenvalue weighted by atomic mass is 9.96. The number of amides is 16. The number of imidazole rings is 2. The van der Waals surface area contributed by atoms with Gasteiger partial charge in [-0.15, -0.1) is 0 Å². The molecule has 34 N–H and O–H groups in total. The van der Waals surface area contributed by atoms with E-state index < -0.39 is 248 Å². The van der Waals surface area contributed by atoms with Crippen molar-refractivity contribution in [3.8, 4) is 5.75 Å². The quantitative estimate of drug-likeness (QED) is 0.0142.